The van der Waals surface area contributed by atoms with Gasteiger partial charge in [-0.15, -0.1) is 5.92 Å². The van der Waals surface area contributed by atoms with E-state index in [0.717, 1.165) is 12.8 Å². The third-order valence-corrected chi connectivity index (χ3v) is 5.10. The number of hydrogen-bond donors (Lipinski definition) is 1. The van der Waals surface area contributed by atoms with Crippen molar-refractivity contribution in [3.05, 3.63) is 0 Å². The lowest BCUT2D eigenvalue weighted by Gasteiger charge is -2.22. The molecule has 0 bridgehead atoms. The molecule has 0 saturated carbocycles. The van der Waals surface area contributed by atoms with Crippen LogP contribution in [0.15, 0.2) is 0 Å². The summed E-state index contributed by atoms with van der Waals surface area (Å²) < 4.78 is 25.7. The molecule has 19 heavy (non-hydrogen) atoms. The van der Waals surface area contributed by atoms with E-state index in [9.17, 15) is 13.2 Å². The lowest BCUT2D eigenvalue weighted by Crippen LogP contribution is -2.46. The van der Waals surface area contributed by atoms with Crippen molar-refractivity contribution in [3.63, 3.8) is 0 Å². The molecule has 1 aliphatic heterocycles. The number of nitrogens with one attached hydrogen (secondary N) is 1. The molecule has 1 heterocycles. The minimum Gasteiger partial charge on any atom is -0.344 e. The van der Waals surface area contributed by atoms with Gasteiger partial charge in [0.05, 0.1) is 12.3 Å². The maximum absolute atomic E-state index is 12.2. The van der Waals surface area contributed by atoms with Crippen molar-refractivity contribution in [3.8, 4) is 11.8 Å². The molecule has 0 radical (unpaired) electrons. The number of carbonyl (C=O) groups excluding carboxylic acids is 1. The zero-order valence-corrected chi connectivity index (χ0v) is 12.4. The van der Waals surface area contributed by atoms with Gasteiger partial charge in [0.2, 0.25) is 15.9 Å². The van der Waals surface area contributed by atoms with E-state index in [1.165, 1.54) is 4.31 Å². The van der Waals surface area contributed by atoms with Crippen LogP contribution in [-0.2, 0) is 14.8 Å². The van der Waals surface area contributed by atoms with Gasteiger partial charge in [0.25, 0.3) is 0 Å². The number of hydrogen-bond acceptors (Lipinski definition) is 3. The first-order valence-electron chi connectivity index (χ1n) is 6.69. The molecule has 0 aromatic rings. The Morgan fingerprint density at radius 3 is 2.84 bits per heavy atom. The number of sulfonamides is 1. The van der Waals surface area contributed by atoms with Crippen LogP contribution < -0.4 is 5.32 Å². The van der Waals surface area contributed by atoms with Gasteiger partial charge < -0.3 is 5.32 Å². The minimum atomic E-state index is -3.31. The van der Waals surface area contributed by atoms with Crippen molar-refractivity contribution in [1.82, 2.24) is 9.62 Å². The van der Waals surface area contributed by atoms with Crippen molar-refractivity contribution in [2.45, 2.75) is 45.6 Å². The van der Waals surface area contributed by atoms with Gasteiger partial charge in [-0.05, 0) is 26.2 Å². The highest BCUT2D eigenvalue weighted by molar-refractivity contribution is 7.89. The minimum absolute atomic E-state index is 0.127. The number of unbranched alkanes of at least 4 members (excludes halogenated alkanes) is 1. The molecule has 1 rings (SSSR count). The lowest BCUT2D eigenvalue weighted by molar-refractivity contribution is -0.123. The van der Waals surface area contributed by atoms with Gasteiger partial charge in [0.15, 0.2) is 0 Å². The summed E-state index contributed by atoms with van der Waals surface area (Å²) in [5.74, 6) is 5.32. The molecule has 6 heteroatoms. The summed E-state index contributed by atoms with van der Waals surface area (Å²) in [5, 5.41) is 2.67. The average molecular weight is 286 g/mol. The van der Waals surface area contributed by atoms with Crippen LogP contribution in [0, 0.1) is 11.8 Å². The van der Waals surface area contributed by atoms with Crippen LogP contribution in [0.2, 0.25) is 0 Å². The Balaban J connectivity index is 2.67. The monoisotopic (exact) mass is 286 g/mol. The second-order valence-corrected chi connectivity index (χ2v) is 6.62. The maximum Gasteiger partial charge on any atom is 0.239 e. The van der Waals surface area contributed by atoms with Gasteiger partial charge in [-0.25, -0.2) is 8.42 Å². The third kappa shape index (κ3) is 4.51. The number of carbonyl (C=O) groups is 1. The number of nitrogens with zero attached hydrogens (tertiary/aromatic N) is 1. The molecule has 1 N–H and O–H groups in total. The first-order valence-corrected chi connectivity index (χ1v) is 8.30. The Morgan fingerprint density at radius 1 is 1.47 bits per heavy atom. The standard InChI is InChI=1S/C13H22N2O3S/c1-3-5-9-14-13(16)12-8-7-10-15(12)19(17,18)11-6-4-2/h12H,4,6-11H2,1-2H3,(H,14,16). The van der Waals surface area contributed by atoms with E-state index in [4.69, 9.17) is 0 Å². The van der Waals surface area contributed by atoms with Crippen LogP contribution in [0.5, 0.6) is 0 Å². The van der Waals surface area contributed by atoms with Crippen molar-refractivity contribution in [2.24, 2.45) is 0 Å². The molecule has 0 aromatic carbocycles. The Labute approximate surface area is 115 Å². The van der Waals surface area contributed by atoms with Crippen LogP contribution in [0.4, 0.5) is 0 Å². The van der Waals surface area contributed by atoms with Crippen molar-refractivity contribution >= 4 is 15.9 Å². The summed E-state index contributed by atoms with van der Waals surface area (Å²) in [7, 11) is -3.31. The summed E-state index contributed by atoms with van der Waals surface area (Å²) in [5.41, 5.74) is 0. The lowest BCUT2D eigenvalue weighted by atomic mass is 10.2. The molecular weight excluding hydrogens is 264 g/mol. The van der Waals surface area contributed by atoms with E-state index >= 15 is 0 Å². The van der Waals surface area contributed by atoms with Gasteiger partial charge in [-0.3, -0.25) is 4.79 Å². The van der Waals surface area contributed by atoms with E-state index in [2.05, 4.69) is 17.2 Å². The first-order chi connectivity index (χ1) is 9.03. The van der Waals surface area contributed by atoms with Gasteiger partial charge in [-0.2, -0.15) is 4.31 Å². The van der Waals surface area contributed by atoms with Crippen molar-refractivity contribution < 1.29 is 13.2 Å². The molecular formula is C13H22N2O3S. The quantitative estimate of drug-likeness (QED) is 0.732. The van der Waals surface area contributed by atoms with E-state index in [0.29, 0.717) is 19.4 Å². The van der Waals surface area contributed by atoms with E-state index in [1.807, 2.05) is 6.92 Å². The van der Waals surface area contributed by atoms with Crippen molar-refractivity contribution in [1.29, 1.82) is 0 Å². The summed E-state index contributed by atoms with van der Waals surface area (Å²) in [6.45, 7) is 4.37. The molecule has 1 atom stereocenters. The topological polar surface area (TPSA) is 66.5 Å². The van der Waals surface area contributed by atoms with Gasteiger partial charge in [0.1, 0.15) is 6.04 Å². The molecule has 0 spiro atoms. The van der Waals surface area contributed by atoms with E-state index < -0.39 is 16.1 Å². The largest absolute Gasteiger partial charge is 0.344 e. The van der Waals surface area contributed by atoms with E-state index in [-0.39, 0.29) is 18.2 Å². The van der Waals surface area contributed by atoms with Crippen LogP contribution >= 0.6 is 0 Å². The SMILES string of the molecule is CC#CCNC(=O)C1CCCN1S(=O)(=O)CCCC. The highest BCUT2D eigenvalue weighted by Crippen LogP contribution is 2.22. The smallest absolute Gasteiger partial charge is 0.239 e. The highest BCUT2D eigenvalue weighted by atomic mass is 32.2. The van der Waals surface area contributed by atoms with Gasteiger partial charge >= 0.3 is 0 Å². The van der Waals surface area contributed by atoms with Crippen LogP contribution in [-0.4, -0.2) is 43.5 Å². The Morgan fingerprint density at radius 2 is 2.21 bits per heavy atom. The maximum atomic E-state index is 12.2. The average Bonchev–Trinajstić information content (AvgIpc) is 2.86. The fourth-order valence-electron chi connectivity index (χ4n) is 2.12. The second-order valence-electron chi connectivity index (χ2n) is 4.58. The van der Waals surface area contributed by atoms with Gasteiger partial charge in [0, 0.05) is 6.54 Å². The van der Waals surface area contributed by atoms with Crippen molar-refractivity contribution in [2.75, 3.05) is 18.8 Å². The summed E-state index contributed by atoms with van der Waals surface area (Å²) in [4.78, 5) is 12.0. The predicted octanol–water partition coefficient (Wildman–Crippen LogP) is 0.720. The normalized spacial score (nSPS) is 19.8. The molecule has 1 unspecified atom stereocenters. The Hall–Kier alpha value is -1.06. The first kappa shape index (κ1) is 16.0. The van der Waals surface area contributed by atoms with Crippen LogP contribution in [0.3, 0.4) is 0 Å². The van der Waals surface area contributed by atoms with E-state index in [1.54, 1.807) is 6.92 Å². The van der Waals surface area contributed by atoms with Crippen LogP contribution in [0.25, 0.3) is 0 Å². The molecule has 1 amide bonds. The molecule has 0 aromatic heterocycles. The third-order valence-electron chi connectivity index (χ3n) is 3.15. The zero-order valence-electron chi connectivity index (χ0n) is 11.6. The molecule has 5 nitrogen and oxygen atoms in total. The fourth-order valence-corrected chi connectivity index (χ4v) is 4.00. The van der Waals surface area contributed by atoms with Crippen LogP contribution in [0.1, 0.15) is 39.5 Å². The zero-order chi connectivity index (χ0) is 14.3. The molecule has 1 fully saturated rings. The fraction of sp³-hybridized carbons (Fsp3) is 0.769. The second kappa shape index (κ2) is 7.51. The summed E-state index contributed by atoms with van der Waals surface area (Å²) >= 11 is 0. The molecule has 1 aliphatic rings. The summed E-state index contributed by atoms with van der Waals surface area (Å²) in [6, 6.07) is -0.555. The molecule has 0 aliphatic carbocycles. The molecule has 1 saturated heterocycles. The van der Waals surface area contributed by atoms with Gasteiger partial charge in [-0.1, -0.05) is 19.3 Å². The summed E-state index contributed by atoms with van der Waals surface area (Å²) in [6.07, 6.45) is 2.80. The Bertz CT molecular complexity index is 462. The number of rotatable bonds is 6. The molecule has 108 valence electrons. The predicted molar refractivity (Wildman–Crippen MR) is 74.9 cm³/mol. The highest BCUT2D eigenvalue weighted by Gasteiger charge is 2.37. The Kier molecular flexibility index (Phi) is 6.32. The number of amides is 1.